The van der Waals surface area contributed by atoms with Crippen molar-refractivity contribution in [2.24, 2.45) is 0 Å². The third kappa shape index (κ3) is 4.43. The molecule has 23 heavy (non-hydrogen) atoms. The Bertz CT molecular complexity index is 786. The number of aryl methyl sites for hydroxylation is 2. The minimum atomic E-state index is 0.349. The molecule has 3 aromatic rings. The van der Waals surface area contributed by atoms with Crippen LogP contribution in [0.1, 0.15) is 17.3 Å². The van der Waals surface area contributed by atoms with Gasteiger partial charge in [-0.25, -0.2) is 9.97 Å². The first-order valence-electron chi connectivity index (χ1n) is 6.89. The molecule has 0 saturated carbocycles. The molecule has 2 heterocycles. The van der Waals surface area contributed by atoms with Gasteiger partial charge in [-0.1, -0.05) is 11.6 Å². The lowest BCUT2D eigenvalue weighted by molar-refractivity contribution is 0.392. The average Bonchev–Trinajstić information content (AvgIpc) is 2.93. The summed E-state index contributed by atoms with van der Waals surface area (Å²) in [7, 11) is 0. The molecule has 0 spiro atoms. The number of aromatic nitrogens is 4. The van der Waals surface area contributed by atoms with Crippen LogP contribution >= 0.6 is 23.4 Å². The first kappa shape index (κ1) is 15.8. The van der Waals surface area contributed by atoms with Gasteiger partial charge in [0.25, 0.3) is 5.95 Å². The van der Waals surface area contributed by atoms with Gasteiger partial charge in [-0.05, 0) is 49.3 Å². The minimum Gasteiger partial charge on any atom is -0.336 e. The number of nitrogens with one attached hydrogen (secondary N) is 1. The van der Waals surface area contributed by atoms with Crippen molar-refractivity contribution in [3.05, 3.63) is 52.6 Å². The van der Waals surface area contributed by atoms with Gasteiger partial charge in [-0.3, -0.25) is 5.32 Å². The number of nitrogens with zero attached hydrogens (tertiary/aromatic N) is 4. The van der Waals surface area contributed by atoms with Crippen LogP contribution in [0.4, 0.5) is 11.9 Å². The van der Waals surface area contributed by atoms with Crippen molar-refractivity contribution in [1.29, 1.82) is 0 Å². The van der Waals surface area contributed by atoms with Gasteiger partial charge in [-0.2, -0.15) is 4.98 Å². The average molecular weight is 348 g/mol. The van der Waals surface area contributed by atoms with Gasteiger partial charge in [-0.15, -0.1) is 11.8 Å². The van der Waals surface area contributed by atoms with Gasteiger partial charge in [0.1, 0.15) is 0 Å². The van der Waals surface area contributed by atoms with Crippen LogP contribution in [0.25, 0.3) is 0 Å². The third-order valence-electron chi connectivity index (χ3n) is 2.85. The topological polar surface area (TPSA) is 76.7 Å². The highest BCUT2D eigenvalue weighted by molar-refractivity contribution is 7.98. The number of hydrogen-bond acceptors (Lipinski definition) is 7. The number of thioether (sulfide) groups is 1. The van der Waals surface area contributed by atoms with Gasteiger partial charge in [0, 0.05) is 21.3 Å². The van der Waals surface area contributed by atoms with E-state index in [4.69, 9.17) is 16.1 Å². The Morgan fingerprint density at radius 2 is 1.74 bits per heavy atom. The fourth-order valence-electron chi connectivity index (χ4n) is 1.92. The van der Waals surface area contributed by atoms with E-state index in [2.05, 4.69) is 25.4 Å². The summed E-state index contributed by atoms with van der Waals surface area (Å²) in [6, 6.07) is 9.50. The third-order valence-corrected chi connectivity index (χ3v) is 4.10. The number of rotatable bonds is 5. The molecule has 0 bridgehead atoms. The van der Waals surface area contributed by atoms with Crippen molar-refractivity contribution in [3.63, 3.8) is 0 Å². The molecule has 0 saturated heterocycles. The standard InChI is InChI=1S/C15H14ClN5OS/c1-9-7-10(2)18-14(17-9)20-15-19-13(22-21-15)8-23-12-5-3-11(16)4-6-12/h3-7H,8H2,1-2H3,(H,17,18,20,21). The van der Waals surface area contributed by atoms with Crippen LogP contribution in [-0.2, 0) is 5.75 Å². The fourth-order valence-corrected chi connectivity index (χ4v) is 2.78. The fraction of sp³-hybridized carbons (Fsp3) is 0.200. The van der Waals surface area contributed by atoms with Gasteiger partial charge in [0.2, 0.25) is 11.8 Å². The van der Waals surface area contributed by atoms with Crippen molar-refractivity contribution < 1.29 is 4.52 Å². The monoisotopic (exact) mass is 347 g/mol. The lowest BCUT2D eigenvalue weighted by atomic mass is 10.4. The number of benzene rings is 1. The molecule has 2 aromatic heterocycles. The lowest BCUT2D eigenvalue weighted by Crippen LogP contribution is -2.01. The summed E-state index contributed by atoms with van der Waals surface area (Å²) >= 11 is 7.45. The molecule has 3 rings (SSSR count). The Labute approximate surface area is 142 Å². The molecule has 1 N–H and O–H groups in total. The highest BCUT2D eigenvalue weighted by Crippen LogP contribution is 2.24. The first-order chi connectivity index (χ1) is 11.1. The van der Waals surface area contributed by atoms with Crippen LogP contribution in [0.2, 0.25) is 5.02 Å². The van der Waals surface area contributed by atoms with E-state index in [1.54, 1.807) is 11.8 Å². The van der Waals surface area contributed by atoms with Crippen molar-refractivity contribution in [1.82, 2.24) is 20.1 Å². The second-order valence-electron chi connectivity index (χ2n) is 4.85. The van der Waals surface area contributed by atoms with E-state index in [-0.39, 0.29) is 0 Å². The minimum absolute atomic E-state index is 0.349. The normalized spacial score (nSPS) is 10.7. The molecule has 0 atom stereocenters. The van der Waals surface area contributed by atoms with Gasteiger partial charge in [0.15, 0.2) is 0 Å². The van der Waals surface area contributed by atoms with E-state index in [1.165, 1.54) is 0 Å². The molecule has 1 aromatic carbocycles. The zero-order valence-electron chi connectivity index (χ0n) is 12.6. The predicted molar refractivity (Wildman–Crippen MR) is 90.1 cm³/mol. The Hall–Kier alpha value is -2.12. The Kier molecular flexibility index (Phi) is 4.78. The molecular weight excluding hydrogens is 334 g/mol. The van der Waals surface area contributed by atoms with Crippen molar-refractivity contribution in [2.45, 2.75) is 24.5 Å². The SMILES string of the molecule is Cc1cc(C)nc(Nc2noc(CSc3ccc(Cl)cc3)n2)n1. The molecule has 0 aliphatic rings. The van der Waals surface area contributed by atoms with Gasteiger partial charge < -0.3 is 4.52 Å². The Morgan fingerprint density at radius 1 is 1.04 bits per heavy atom. The highest BCUT2D eigenvalue weighted by atomic mass is 35.5. The van der Waals surface area contributed by atoms with Crippen molar-refractivity contribution in [2.75, 3.05) is 5.32 Å². The molecule has 0 fully saturated rings. The summed E-state index contributed by atoms with van der Waals surface area (Å²) in [5, 5.41) is 7.55. The molecule has 0 amide bonds. The lowest BCUT2D eigenvalue weighted by Gasteiger charge is -2.01. The largest absolute Gasteiger partial charge is 0.336 e. The maximum atomic E-state index is 5.86. The highest BCUT2D eigenvalue weighted by Gasteiger charge is 2.09. The molecule has 0 aliphatic heterocycles. The maximum absolute atomic E-state index is 5.86. The maximum Gasteiger partial charge on any atom is 0.270 e. The van der Waals surface area contributed by atoms with Gasteiger partial charge in [0.05, 0.1) is 5.75 Å². The zero-order chi connectivity index (χ0) is 16.2. The number of hydrogen-bond donors (Lipinski definition) is 1. The smallest absolute Gasteiger partial charge is 0.270 e. The van der Waals surface area contributed by atoms with Crippen LogP contribution in [0.15, 0.2) is 39.8 Å². The quantitative estimate of drug-likeness (QED) is 0.694. The van der Waals surface area contributed by atoms with Crippen LogP contribution in [0, 0.1) is 13.8 Å². The molecule has 0 radical (unpaired) electrons. The molecule has 6 nitrogen and oxygen atoms in total. The summed E-state index contributed by atoms with van der Waals surface area (Å²) in [4.78, 5) is 13.9. The molecule has 8 heteroatoms. The second kappa shape index (κ2) is 6.97. The second-order valence-corrected chi connectivity index (χ2v) is 6.34. The van der Waals surface area contributed by atoms with Crippen molar-refractivity contribution >= 4 is 35.3 Å². The number of anilines is 2. The predicted octanol–water partition coefficient (Wildman–Crippen LogP) is 4.17. The summed E-state index contributed by atoms with van der Waals surface area (Å²) in [6.45, 7) is 3.81. The van der Waals surface area contributed by atoms with Gasteiger partial charge >= 0.3 is 0 Å². The number of halogens is 1. The van der Waals surface area contributed by atoms with Crippen molar-refractivity contribution in [3.8, 4) is 0 Å². The summed E-state index contributed by atoms with van der Waals surface area (Å²) in [5.74, 6) is 1.91. The van der Waals surface area contributed by atoms with E-state index in [1.807, 2.05) is 44.2 Å². The van der Waals surface area contributed by atoms with E-state index in [9.17, 15) is 0 Å². The molecular formula is C15H14ClN5OS. The Morgan fingerprint density at radius 3 is 2.43 bits per heavy atom. The van der Waals surface area contributed by atoms with Crippen LogP contribution in [0.5, 0.6) is 0 Å². The molecule has 0 unspecified atom stereocenters. The first-order valence-corrected chi connectivity index (χ1v) is 8.25. The van der Waals surface area contributed by atoms with Crippen LogP contribution in [0.3, 0.4) is 0 Å². The Balaban J connectivity index is 1.62. The van der Waals surface area contributed by atoms with Crippen LogP contribution < -0.4 is 5.32 Å². The molecule has 0 aliphatic carbocycles. The summed E-state index contributed by atoms with van der Waals surface area (Å²) in [5.41, 5.74) is 1.75. The van der Waals surface area contributed by atoms with E-state index >= 15 is 0 Å². The van der Waals surface area contributed by atoms with E-state index in [0.717, 1.165) is 16.3 Å². The molecule has 118 valence electrons. The zero-order valence-corrected chi connectivity index (χ0v) is 14.1. The summed E-state index contributed by atoms with van der Waals surface area (Å²) < 4.78 is 5.22. The van der Waals surface area contributed by atoms with E-state index < -0.39 is 0 Å². The van der Waals surface area contributed by atoms with Crippen LogP contribution in [-0.4, -0.2) is 20.1 Å². The van der Waals surface area contributed by atoms with E-state index in [0.29, 0.717) is 28.6 Å². The summed E-state index contributed by atoms with van der Waals surface area (Å²) in [6.07, 6.45) is 0.